The number of imidazole rings is 1. The molecule has 1 aromatic heterocycles. The van der Waals surface area contributed by atoms with Crippen LogP contribution in [0.25, 0.3) is 0 Å². The van der Waals surface area contributed by atoms with Gasteiger partial charge in [0.15, 0.2) is 20.5 Å². The Bertz CT molecular complexity index is 993. The summed E-state index contributed by atoms with van der Waals surface area (Å²) in [5, 5.41) is 10.9. The summed E-state index contributed by atoms with van der Waals surface area (Å²) in [5.41, 5.74) is -1.85. The van der Waals surface area contributed by atoms with Crippen molar-refractivity contribution in [1.82, 2.24) is 9.97 Å². The second-order valence-corrected chi connectivity index (χ2v) is 9.32. The Morgan fingerprint density at radius 3 is 2.56 bits per heavy atom. The number of nitrogens with one attached hydrogen (secondary N) is 1. The number of nitrogens with zero attached hydrogens (tertiary/aromatic N) is 1. The quantitative estimate of drug-likeness (QED) is 0.788. The van der Waals surface area contributed by atoms with Gasteiger partial charge in [0.05, 0.1) is 10.7 Å². The molecule has 1 aromatic carbocycles. The third-order valence-corrected chi connectivity index (χ3v) is 6.30. The summed E-state index contributed by atoms with van der Waals surface area (Å²) in [6.07, 6.45) is -0.107. The molecule has 0 radical (unpaired) electrons. The molecule has 5 nitrogen and oxygen atoms in total. The van der Waals surface area contributed by atoms with Crippen molar-refractivity contribution in [2.75, 3.05) is 6.26 Å². The maximum atomic E-state index is 13.8. The topological polar surface area (TPSA) is 83.0 Å². The van der Waals surface area contributed by atoms with Crippen molar-refractivity contribution in [3.8, 4) is 0 Å². The zero-order valence-corrected chi connectivity index (χ0v) is 16.1. The predicted molar refractivity (Wildman–Crippen MR) is 93.1 cm³/mol. The van der Waals surface area contributed by atoms with E-state index < -0.39 is 45.9 Å². The van der Waals surface area contributed by atoms with Crippen molar-refractivity contribution < 1.29 is 26.7 Å². The fraction of sp³-hybridized carbons (Fsp3) is 0.471. The predicted octanol–water partition coefficient (Wildman–Crippen LogP) is 3.59. The summed E-state index contributed by atoms with van der Waals surface area (Å²) in [5.74, 6) is -4.85. The van der Waals surface area contributed by atoms with Crippen LogP contribution in [0, 0.1) is 18.7 Å². The van der Waals surface area contributed by atoms with Crippen LogP contribution in [0.2, 0.25) is 5.02 Å². The highest BCUT2D eigenvalue weighted by atomic mass is 35.5. The number of sulfone groups is 1. The molecule has 2 atom stereocenters. The van der Waals surface area contributed by atoms with Crippen LogP contribution >= 0.6 is 11.6 Å². The molecule has 1 aliphatic rings. The van der Waals surface area contributed by atoms with Crippen LogP contribution in [0.15, 0.2) is 23.2 Å². The number of aryl methyl sites for hydroxylation is 1. The Hall–Kier alpha value is -1.58. The smallest absolute Gasteiger partial charge is 0.248 e. The first kappa shape index (κ1) is 20.2. The van der Waals surface area contributed by atoms with Crippen LogP contribution in [0.5, 0.6) is 0 Å². The first-order chi connectivity index (χ1) is 12.3. The molecule has 2 unspecified atom stereocenters. The Morgan fingerprint density at radius 2 is 2.07 bits per heavy atom. The van der Waals surface area contributed by atoms with Gasteiger partial charge in [-0.2, -0.15) is 0 Å². The summed E-state index contributed by atoms with van der Waals surface area (Å²) in [6.45, 7) is 1.45. The highest BCUT2D eigenvalue weighted by Gasteiger charge is 2.52. The van der Waals surface area contributed by atoms with Crippen LogP contribution in [-0.4, -0.2) is 35.7 Å². The maximum absolute atomic E-state index is 13.8. The molecule has 2 aromatic rings. The molecule has 27 heavy (non-hydrogen) atoms. The maximum Gasteiger partial charge on any atom is 0.248 e. The van der Waals surface area contributed by atoms with Crippen molar-refractivity contribution in [2.45, 2.75) is 42.7 Å². The number of benzene rings is 1. The summed E-state index contributed by atoms with van der Waals surface area (Å²) < 4.78 is 65.1. The van der Waals surface area contributed by atoms with Gasteiger partial charge in [-0.1, -0.05) is 17.7 Å². The number of hydrogen-bond donors (Lipinski definition) is 2. The molecule has 0 aliphatic heterocycles. The van der Waals surface area contributed by atoms with Gasteiger partial charge in [-0.25, -0.2) is 26.6 Å². The van der Waals surface area contributed by atoms with Gasteiger partial charge in [-0.05, 0) is 31.0 Å². The monoisotopic (exact) mass is 422 g/mol. The summed E-state index contributed by atoms with van der Waals surface area (Å²) in [6, 6.07) is 3.39. The molecule has 1 aliphatic carbocycles. The number of halogens is 4. The average Bonchev–Trinajstić information content (AvgIpc) is 3.12. The molecule has 0 amide bonds. The lowest BCUT2D eigenvalue weighted by atomic mass is 9.79. The summed E-state index contributed by atoms with van der Waals surface area (Å²) in [7, 11) is -3.70. The number of rotatable bonds is 4. The first-order valence-corrected chi connectivity index (χ1v) is 10.4. The van der Waals surface area contributed by atoms with Crippen molar-refractivity contribution in [3.63, 3.8) is 0 Å². The Balaban J connectivity index is 2.21. The standard InChI is InChI=1S/C17H18ClF3N2O3S/c1-9-14(27(2,25)26)23-15(22-9)17(24,11-5-6-16(20,21)8-11)10-3-4-13(19)12(18)7-10/h3-4,7,11,24H,5-6,8H2,1-2H3,(H,22,23). The first-order valence-electron chi connectivity index (χ1n) is 8.17. The van der Waals surface area contributed by atoms with Crippen LogP contribution in [0.3, 0.4) is 0 Å². The molecule has 0 spiro atoms. The fourth-order valence-corrected chi connectivity index (χ4v) is 4.64. The highest BCUT2D eigenvalue weighted by Crippen LogP contribution is 2.50. The van der Waals surface area contributed by atoms with Gasteiger partial charge in [0, 0.05) is 25.0 Å². The van der Waals surface area contributed by atoms with Gasteiger partial charge >= 0.3 is 0 Å². The van der Waals surface area contributed by atoms with E-state index in [9.17, 15) is 26.7 Å². The van der Waals surface area contributed by atoms with Crippen LogP contribution in [-0.2, 0) is 15.4 Å². The van der Waals surface area contributed by atoms with Crippen LogP contribution in [0.4, 0.5) is 13.2 Å². The molecule has 1 fully saturated rings. The molecule has 0 saturated heterocycles. The van der Waals surface area contributed by atoms with E-state index in [-0.39, 0.29) is 33.6 Å². The molecular weight excluding hydrogens is 405 g/mol. The Morgan fingerprint density at radius 1 is 1.41 bits per heavy atom. The van der Waals surface area contributed by atoms with Gasteiger partial charge in [-0.3, -0.25) is 0 Å². The number of aliphatic hydroxyl groups is 1. The van der Waals surface area contributed by atoms with Crippen molar-refractivity contribution in [2.24, 2.45) is 5.92 Å². The highest BCUT2D eigenvalue weighted by molar-refractivity contribution is 7.90. The number of aromatic nitrogens is 2. The Labute approximate surface area is 159 Å². The van der Waals surface area contributed by atoms with Crippen molar-refractivity contribution >= 4 is 21.4 Å². The molecule has 3 rings (SSSR count). The van der Waals surface area contributed by atoms with E-state index in [2.05, 4.69) is 9.97 Å². The van der Waals surface area contributed by atoms with E-state index in [0.717, 1.165) is 18.4 Å². The zero-order valence-electron chi connectivity index (χ0n) is 14.6. The molecule has 1 saturated carbocycles. The van der Waals surface area contributed by atoms with Crippen molar-refractivity contribution in [1.29, 1.82) is 0 Å². The number of alkyl halides is 2. The number of aromatic amines is 1. The zero-order chi connectivity index (χ0) is 20.2. The largest absolute Gasteiger partial charge is 0.377 e. The summed E-state index contributed by atoms with van der Waals surface area (Å²) in [4.78, 5) is 6.71. The third kappa shape index (κ3) is 3.60. The van der Waals surface area contributed by atoms with E-state index in [4.69, 9.17) is 11.6 Å². The molecular formula is C17H18ClF3N2O3S. The van der Waals surface area contributed by atoms with E-state index in [1.165, 1.54) is 13.0 Å². The Kier molecular flexibility index (Phi) is 4.85. The lowest BCUT2D eigenvalue weighted by Gasteiger charge is -2.33. The molecule has 1 heterocycles. The molecule has 0 bridgehead atoms. The normalized spacial score (nSPS) is 22.0. The summed E-state index contributed by atoms with van der Waals surface area (Å²) >= 11 is 5.82. The lowest BCUT2D eigenvalue weighted by Crippen LogP contribution is -2.37. The van der Waals surface area contributed by atoms with Gasteiger partial charge in [0.25, 0.3) is 0 Å². The second-order valence-electron chi connectivity index (χ2n) is 6.98. The van der Waals surface area contributed by atoms with Gasteiger partial charge in [-0.15, -0.1) is 0 Å². The molecule has 2 N–H and O–H groups in total. The van der Waals surface area contributed by atoms with Gasteiger partial charge in [0.1, 0.15) is 11.6 Å². The van der Waals surface area contributed by atoms with E-state index in [1.807, 2.05) is 0 Å². The molecule has 148 valence electrons. The van der Waals surface area contributed by atoms with Crippen LogP contribution < -0.4 is 0 Å². The van der Waals surface area contributed by atoms with E-state index in [1.54, 1.807) is 0 Å². The van der Waals surface area contributed by atoms with Gasteiger partial charge in [0.2, 0.25) is 5.92 Å². The fourth-order valence-electron chi connectivity index (χ4n) is 3.59. The minimum atomic E-state index is -3.70. The minimum Gasteiger partial charge on any atom is -0.377 e. The number of hydrogen-bond acceptors (Lipinski definition) is 4. The van der Waals surface area contributed by atoms with E-state index >= 15 is 0 Å². The average molecular weight is 423 g/mol. The lowest BCUT2D eigenvalue weighted by molar-refractivity contribution is -0.0303. The SMILES string of the molecule is Cc1[nH]c(C(O)(c2ccc(F)c(Cl)c2)C2CCC(F)(F)C2)nc1S(C)(=O)=O. The van der Waals surface area contributed by atoms with Crippen molar-refractivity contribution in [3.05, 3.63) is 46.1 Å². The van der Waals surface area contributed by atoms with Gasteiger partial charge < -0.3 is 10.1 Å². The molecule has 10 heteroatoms. The minimum absolute atomic E-state index is 0.0214. The van der Waals surface area contributed by atoms with Crippen LogP contribution in [0.1, 0.15) is 36.3 Å². The van der Waals surface area contributed by atoms with E-state index in [0.29, 0.717) is 0 Å². The number of H-pyrrole nitrogens is 1. The third-order valence-electron chi connectivity index (χ3n) is 4.91. The second kappa shape index (κ2) is 6.49.